The first-order valence-electron chi connectivity index (χ1n) is 4.04. The van der Waals surface area contributed by atoms with Crippen LogP contribution in [0, 0.1) is 11.3 Å². The third-order valence-corrected chi connectivity index (χ3v) is 1.51. The lowest BCUT2D eigenvalue weighted by Gasteiger charge is -1.97. The number of ether oxygens (including phenoxy) is 1. The van der Waals surface area contributed by atoms with Crippen LogP contribution in [0.15, 0.2) is 18.6 Å². The normalized spacial score (nSPS) is 9.60. The highest BCUT2D eigenvalue weighted by Gasteiger charge is 2.04. The van der Waals surface area contributed by atoms with Gasteiger partial charge < -0.3 is 4.74 Å². The second-order valence-corrected chi connectivity index (χ2v) is 2.64. The molecule has 0 radical (unpaired) electrons. The van der Waals surface area contributed by atoms with Crippen molar-refractivity contribution in [3.63, 3.8) is 0 Å². The lowest BCUT2D eigenvalue weighted by atomic mass is 10.4. The van der Waals surface area contributed by atoms with Gasteiger partial charge in [0, 0.05) is 13.2 Å². The average molecular weight is 202 g/mol. The van der Waals surface area contributed by atoms with Gasteiger partial charge >= 0.3 is 12.0 Å². The molecule has 7 nitrogen and oxygen atoms in total. The third-order valence-electron chi connectivity index (χ3n) is 1.51. The fraction of sp³-hybridized carbons (Fsp3) is 0.125. The lowest BCUT2D eigenvalue weighted by Crippen LogP contribution is -1.95. The average Bonchev–Trinajstić information content (AvgIpc) is 2.64. The summed E-state index contributed by atoms with van der Waals surface area (Å²) in [5.74, 6) is 0. The SMILES string of the molecule is Cn1cnc(Oc2nccc(C#N)n2)n1. The molecule has 2 heterocycles. The van der Waals surface area contributed by atoms with E-state index in [-0.39, 0.29) is 17.7 Å². The van der Waals surface area contributed by atoms with Gasteiger partial charge in [0.15, 0.2) is 0 Å². The second kappa shape index (κ2) is 3.71. The number of nitriles is 1. The number of aromatic nitrogens is 5. The second-order valence-electron chi connectivity index (χ2n) is 2.64. The molecule has 0 atom stereocenters. The Morgan fingerprint density at radius 2 is 2.27 bits per heavy atom. The Morgan fingerprint density at radius 1 is 1.40 bits per heavy atom. The van der Waals surface area contributed by atoms with Crippen molar-refractivity contribution in [2.24, 2.45) is 7.05 Å². The molecule has 0 bridgehead atoms. The van der Waals surface area contributed by atoms with Crippen molar-refractivity contribution >= 4 is 0 Å². The molecule has 0 unspecified atom stereocenters. The van der Waals surface area contributed by atoms with Gasteiger partial charge in [-0.3, -0.25) is 4.68 Å². The number of hydrogen-bond donors (Lipinski definition) is 0. The van der Waals surface area contributed by atoms with Crippen molar-refractivity contribution < 1.29 is 4.74 Å². The molecule has 7 heteroatoms. The number of aryl methyl sites for hydroxylation is 1. The standard InChI is InChI=1S/C8H6N6O/c1-14-5-11-8(13-14)15-7-10-3-2-6(4-9)12-7/h2-3,5H,1H3. The summed E-state index contributed by atoms with van der Waals surface area (Å²) < 4.78 is 6.61. The maximum atomic E-state index is 8.60. The zero-order valence-electron chi connectivity index (χ0n) is 7.82. The minimum atomic E-state index is 0.0558. The monoisotopic (exact) mass is 202 g/mol. The van der Waals surface area contributed by atoms with Gasteiger partial charge in [0.2, 0.25) is 0 Å². The first-order chi connectivity index (χ1) is 7.28. The highest BCUT2D eigenvalue weighted by molar-refractivity contribution is 5.20. The molecule has 74 valence electrons. The summed E-state index contributed by atoms with van der Waals surface area (Å²) in [6.45, 7) is 0. The molecule has 15 heavy (non-hydrogen) atoms. The molecule has 0 spiro atoms. The van der Waals surface area contributed by atoms with E-state index >= 15 is 0 Å². The number of nitrogens with zero attached hydrogens (tertiary/aromatic N) is 6. The van der Waals surface area contributed by atoms with E-state index in [2.05, 4.69) is 20.1 Å². The van der Waals surface area contributed by atoms with Crippen LogP contribution in [0.3, 0.4) is 0 Å². The molecule has 2 rings (SSSR count). The minimum absolute atomic E-state index is 0.0558. The van der Waals surface area contributed by atoms with Gasteiger partial charge in [0.05, 0.1) is 0 Å². The Hall–Kier alpha value is -2.49. The topological polar surface area (TPSA) is 89.5 Å². The van der Waals surface area contributed by atoms with E-state index in [1.807, 2.05) is 6.07 Å². The zero-order chi connectivity index (χ0) is 10.7. The summed E-state index contributed by atoms with van der Waals surface area (Å²) in [5, 5.41) is 12.5. The van der Waals surface area contributed by atoms with Gasteiger partial charge in [-0.1, -0.05) is 0 Å². The highest BCUT2D eigenvalue weighted by atomic mass is 16.5. The fourth-order valence-corrected chi connectivity index (χ4v) is 0.900. The first-order valence-corrected chi connectivity index (χ1v) is 4.04. The lowest BCUT2D eigenvalue weighted by molar-refractivity contribution is 0.404. The molecule has 0 aromatic carbocycles. The molecule has 0 aliphatic rings. The first kappa shape index (κ1) is 9.08. The van der Waals surface area contributed by atoms with Crippen LogP contribution in [0.4, 0.5) is 0 Å². The summed E-state index contributed by atoms with van der Waals surface area (Å²) in [6.07, 6.45) is 2.92. The maximum absolute atomic E-state index is 8.60. The molecule has 0 saturated carbocycles. The number of rotatable bonds is 2. The van der Waals surface area contributed by atoms with Crippen LogP contribution in [0.25, 0.3) is 0 Å². The predicted molar refractivity (Wildman–Crippen MR) is 47.8 cm³/mol. The van der Waals surface area contributed by atoms with Crippen LogP contribution >= 0.6 is 0 Å². The molecule has 0 saturated heterocycles. The molecular weight excluding hydrogens is 196 g/mol. The van der Waals surface area contributed by atoms with Gasteiger partial charge in [0.25, 0.3) is 0 Å². The summed E-state index contributed by atoms with van der Waals surface area (Å²) in [6, 6.07) is 3.57. The number of hydrogen-bond acceptors (Lipinski definition) is 6. The molecule has 0 aliphatic carbocycles. The predicted octanol–water partition coefficient (Wildman–Crippen LogP) is 0.269. The van der Waals surface area contributed by atoms with Crippen LogP contribution in [0.5, 0.6) is 12.0 Å². The van der Waals surface area contributed by atoms with E-state index in [1.54, 1.807) is 7.05 Å². The molecule has 2 aromatic rings. The van der Waals surface area contributed by atoms with Gasteiger partial charge in [-0.2, -0.15) is 15.2 Å². The van der Waals surface area contributed by atoms with Crippen molar-refractivity contribution in [1.29, 1.82) is 5.26 Å². The smallest absolute Gasteiger partial charge is 0.343 e. The Morgan fingerprint density at radius 3 is 2.93 bits per heavy atom. The van der Waals surface area contributed by atoms with Crippen molar-refractivity contribution in [3.8, 4) is 18.1 Å². The summed E-state index contributed by atoms with van der Waals surface area (Å²) in [7, 11) is 1.71. The summed E-state index contributed by atoms with van der Waals surface area (Å²) in [4.78, 5) is 11.5. The molecule has 0 aliphatic heterocycles. The van der Waals surface area contributed by atoms with Crippen LogP contribution < -0.4 is 4.74 Å². The van der Waals surface area contributed by atoms with Crippen LogP contribution in [-0.2, 0) is 7.05 Å². The van der Waals surface area contributed by atoms with Gasteiger partial charge in [-0.15, -0.1) is 5.10 Å². The van der Waals surface area contributed by atoms with E-state index in [0.717, 1.165) is 0 Å². The van der Waals surface area contributed by atoms with Gasteiger partial charge in [0.1, 0.15) is 18.1 Å². The molecular formula is C8H6N6O. The van der Waals surface area contributed by atoms with Crippen LogP contribution in [0.1, 0.15) is 5.69 Å². The quantitative estimate of drug-likeness (QED) is 0.694. The summed E-state index contributed by atoms with van der Waals surface area (Å²) in [5.41, 5.74) is 0.232. The van der Waals surface area contributed by atoms with E-state index in [4.69, 9.17) is 10.00 Å². The molecule has 0 N–H and O–H groups in total. The van der Waals surface area contributed by atoms with E-state index < -0.39 is 0 Å². The highest BCUT2D eigenvalue weighted by Crippen LogP contribution is 2.10. The zero-order valence-corrected chi connectivity index (χ0v) is 7.82. The Bertz CT molecular complexity index is 514. The Balaban J connectivity index is 2.21. The molecule has 2 aromatic heterocycles. The van der Waals surface area contributed by atoms with Crippen molar-refractivity contribution in [1.82, 2.24) is 24.7 Å². The maximum Gasteiger partial charge on any atom is 0.343 e. The van der Waals surface area contributed by atoms with E-state index in [0.29, 0.717) is 0 Å². The van der Waals surface area contributed by atoms with Gasteiger partial charge in [-0.25, -0.2) is 4.98 Å². The Labute approximate surface area is 85.0 Å². The van der Waals surface area contributed by atoms with Crippen LogP contribution in [0.2, 0.25) is 0 Å². The molecule has 0 amide bonds. The van der Waals surface area contributed by atoms with Gasteiger partial charge in [-0.05, 0) is 6.07 Å². The van der Waals surface area contributed by atoms with Crippen molar-refractivity contribution in [2.75, 3.05) is 0 Å². The van der Waals surface area contributed by atoms with Crippen molar-refractivity contribution in [3.05, 3.63) is 24.3 Å². The Kier molecular flexibility index (Phi) is 2.25. The minimum Gasteiger partial charge on any atom is -0.387 e. The summed E-state index contributed by atoms with van der Waals surface area (Å²) >= 11 is 0. The fourth-order valence-electron chi connectivity index (χ4n) is 0.900. The van der Waals surface area contributed by atoms with E-state index in [1.165, 1.54) is 23.3 Å². The molecule has 0 fully saturated rings. The van der Waals surface area contributed by atoms with E-state index in [9.17, 15) is 0 Å². The largest absolute Gasteiger partial charge is 0.387 e. The third kappa shape index (κ3) is 2.05. The van der Waals surface area contributed by atoms with Crippen molar-refractivity contribution in [2.45, 2.75) is 0 Å². The van der Waals surface area contributed by atoms with Crippen LogP contribution in [-0.4, -0.2) is 24.7 Å².